The molecule has 0 amide bonds. The monoisotopic (exact) mass is 236 g/mol. The van der Waals surface area contributed by atoms with Gasteiger partial charge in [0.1, 0.15) is 12.1 Å². The fourth-order valence-electron chi connectivity index (χ4n) is 1.80. The molecule has 0 N–H and O–H groups in total. The highest BCUT2D eigenvalue weighted by atomic mass is 32.1. The summed E-state index contributed by atoms with van der Waals surface area (Å²) in [6.07, 6.45) is 2.26. The first-order valence-corrected chi connectivity index (χ1v) is 5.52. The van der Waals surface area contributed by atoms with Gasteiger partial charge in [-0.15, -0.1) is 0 Å². The number of nitriles is 2. The lowest BCUT2D eigenvalue weighted by atomic mass is 9.88. The molecule has 17 heavy (non-hydrogen) atoms. The zero-order chi connectivity index (χ0) is 12.3. The average molecular weight is 236 g/mol. The largest absolute Gasteiger partial charge is 0.192 e. The van der Waals surface area contributed by atoms with Crippen LogP contribution in [0.5, 0.6) is 0 Å². The van der Waals surface area contributed by atoms with Crippen molar-refractivity contribution in [1.82, 2.24) is 0 Å². The molecule has 80 valence electrons. The van der Waals surface area contributed by atoms with Crippen LogP contribution in [0.25, 0.3) is 5.57 Å². The van der Waals surface area contributed by atoms with Gasteiger partial charge in [-0.2, -0.15) is 10.5 Å². The number of hydrogen-bond donors (Lipinski definition) is 0. The Hall–Kier alpha value is -2.23. The van der Waals surface area contributed by atoms with Crippen molar-refractivity contribution in [2.45, 2.75) is 6.42 Å². The quantitative estimate of drug-likeness (QED) is 0.703. The number of nitrogens with zero attached hydrogens (tertiary/aromatic N) is 2. The van der Waals surface area contributed by atoms with Crippen molar-refractivity contribution >= 4 is 22.7 Å². The Morgan fingerprint density at radius 2 is 1.76 bits per heavy atom. The molecule has 0 atom stereocenters. The SMILES string of the molecule is N#CC1=CCC(=S)C(c2ccccc2)=C1C#N. The highest BCUT2D eigenvalue weighted by Gasteiger charge is 2.20. The van der Waals surface area contributed by atoms with Crippen LogP contribution in [0.15, 0.2) is 47.6 Å². The summed E-state index contributed by atoms with van der Waals surface area (Å²) in [5, 5.41) is 18.2. The van der Waals surface area contributed by atoms with E-state index in [1.165, 1.54) is 0 Å². The Labute approximate surface area is 105 Å². The van der Waals surface area contributed by atoms with Gasteiger partial charge in [-0.1, -0.05) is 48.6 Å². The molecule has 0 saturated heterocycles. The number of rotatable bonds is 1. The van der Waals surface area contributed by atoms with Gasteiger partial charge in [-0.3, -0.25) is 0 Å². The van der Waals surface area contributed by atoms with Gasteiger partial charge in [0, 0.05) is 16.9 Å². The van der Waals surface area contributed by atoms with Crippen molar-refractivity contribution < 1.29 is 0 Å². The Bertz CT molecular complexity index is 610. The van der Waals surface area contributed by atoms with Crippen LogP contribution in [-0.4, -0.2) is 4.86 Å². The highest BCUT2D eigenvalue weighted by Crippen LogP contribution is 2.30. The molecule has 1 aliphatic carbocycles. The van der Waals surface area contributed by atoms with Crippen molar-refractivity contribution in [2.75, 3.05) is 0 Å². The molecule has 0 radical (unpaired) electrons. The molecule has 2 rings (SSSR count). The average Bonchev–Trinajstić information content (AvgIpc) is 2.39. The summed E-state index contributed by atoms with van der Waals surface area (Å²) in [5.74, 6) is 0. The minimum Gasteiger partial charge on any atom is -0.192 e. The molecule has 0 aromatic heterocycles. The first-order valence-electron chi connectivity index (χ1n) is 5.11. The molecule has 0 spiro atoms. The van der Waals surface area contributed by atoms with Crippen LogP contribution in [0.3, 0.4) is 0 Å². The lowest BCUT2D eigenvalue weighted by Crippen LogP contribution is -2.07. The second-order valence-corrected chi connectivity index (χ2v) is 4.08. The molecule has 0 saturated carbocycles. The van der Waals surface area contributed by atoms with Crippen molar-refractivity contribution in [2.24, 2.45) is 0 Å². The number of hydrogen-bond acceptors (Lipinski definition) is 3. The molecule has 0 unspecified atom stereocenters. The summed E-state index contributed by atoms with van der Waals surface area (Å²) in [6.45, 7) is 0. The summed E-state index contributed by atoms with van der Waals surface area (Å²) in [6, 6.07) is 13.6. The molecular weight excluding hydrogens is 228 g/mol. The maximum absolute atomic E-state index is 9.18. The number of allylic oxidation sites excluding steroid dienone is 4. The molecule has 3 heteroatoms. The maximum atomic E-state index is 9.18. The van der Waals surface area contributed by atoms with Crippen LogP contribution in [0.1, 0.15) is 12.0 Å². The van der Waals surface area contributed by atoms with Crippen LogP contribution in [0, 0.1) is 22.7 Å². The summed E-state index contributed by atoms with van der Waals surface area (Å²) in [7, 11) is 0. The number of benzene rings is 1. The van der Waals surface area contributed by atoms with E-state index < -0.39 is 0 Å². The maximum Gasteiger partial charge on any atom is 0.101 e. The predicted molar refractivity (Wildman–Crippen MR) is 69.9 cm³/mol. The van der Waals surface area contributed by atoms with Crippen molar-refractivity contribution in [3.8, 4) is 12.1 Å². The Balaban J connectivity index is 2.67. The van der Waals surface area contributed by atoms with E-state index in [2.05, 4.69) is 6.07 Å². The molecular formula is C14H8N2S. The first kappa shape index (κ1) is 11.3. The highest BCUT2D eigenvalue weighted by molar-refractivity contribution is 7.81. The van der Waals surface area contributed by atoms with Crippen molar-refractivity contribution in [1.29, 1.82) is 10.5 Å². The van der Waals surface area contributed by atoms with Crippen LogP contribution in [0.2, 0.25) is 0 Å². The van der Waals surface area contributed by atoms with Gasteiger partial charge in [-0.25, -0.2) is 0 Å². The normalized spacial score (nSPS) is 14.9. The summed E-state index contributed by atoms with van der Waals surface area (Å²) in [4.78, 5) is 0.715. The fourth-order valence-corrected chi connectivity index (χ4v) is 2.10. The smallest absolute Gasteiger partial charge is 0.101 e. The van der Waals surface area contributed by atoms with Crippen LogP contribution in [0.4, 0.5) is 0 Å². The topological polar surface area (TPSA) is 47.6 Å². The Kier molecular flexibility index (Phi) is 3.14. The van der Waals surface area contributed by atoms with Gasteiger partial charge in [0.2, 0.25) is 0 Å². The van der Waals surface area contributed by atoms with Crippen molar-refractivity contribution in [3.05, 3.63) is 53.1 Å². The van der Waals surface area contributed by atoms with Gasteiger partial charge in [-0.05, 0) is 5.56 Å². The summed E-state index contributed by atoms with van der Waals surface area (Å²) >= 11 is 5.29. The standard InChI is InChI=1S/C14H8N2S/c15-8-11-6-7-13(17)14(12(11)9-16)10-4-2-1-3-5-10/h1-6H,7H2. The third-order valence-electron chi connectivity index (χ3n) is 2.58. The van der Waals surface area contributed by atoms with Crippen molar-refractivity contribution in [3.63, 3.8) is 0 Å². The van der Waals surface area contributed by atoms with Crippen LogP contribution >= 0.6 is 12.2 Å². The number of thiocarbonyl (C=S) groups is 1. The van der Waals surface area contributed by atoms with Gasteiger partial charge < -0.3 is 0 Å². The predicted octanol–water partition coefficient (Wildman–Crippen LogP) is 3.19. The first-order chi connectivity index (χ1) is 8.27. The second-order valence-electron chi connectivity index (χ2n) is 3.58. The Morgan fingerprint density at radius 1 is 1.06 bits per heavy atom. The summed E-state index contributed by atoms with van der Waals surface area (Å²) < 4.78 is 0. The van der Waals surface area contributed by atoms with E-state index in [1.807, 2.05) is 36.4 Å². The third kappa shape index (κ3) is 2.01. The molecule has 1 aromatic rings. The van der Waals surface area contributed by atoms with Gasteiger partial charge in [0.05, 0.1) is 11.1 Å². The molecule has 2 nitrogen and oxygen atoms in total. The molecule has 0 fully saturated rings. The lowest BCUT2D eigenvalue weighted by Gasteiger charge is -2.15. The van der Waals surface area contributed by atoms with Gasteiger partial charge in [0.15, 0.2) is 0 Å². The van der Waals surface area contributed by atoms with Gasteiger partial charge in [0.25, 0.3) is 0 Å². The fraction of sp³-hybridized carbons (Fsp3) is 0.0714. The van der Waals surface area contributed by atoms with Gasteiger partial charge >= 0.3 is 0 Å². The van der Waals surface area contributed by atoms with E-state index in [1.54, 1.807) is 6.08 Å². The Morgan fingerprint density at radius 3 is 2.35 bits per heavy atom. The van der Waals surface area contributed by atoms with E-state index in [-0.39, 0.29) is 0 Å². The zero-order valence-electron chi connectivity index (χ0n) is 8.97. The summed E-state index contributed by atoms with van der Waals surface area (Å²) in [5.41, 5.74) is 2.42. The second kappa shape index (κ2) is 4.74. The minimum absolute atomic E-state index is 0.384. The van der Waals surface area contributed by atoms with E-state index in [9.17, 15) is 5.26 Å². The molecule has 0 aliphatic heterocycles. The third-order valence-corrected chi connectivity index (χ3v) is 2.96. The van der Waals surface area contributed by atoms with Crippen LogP contribution < -0.4 is 0 Å². The van der Waals surface area contributed by atoms with E-state index >= 15 is 0 Å². The molecule has 1 aromatic carbocycles. The minimum atomic E-state index is 0.384. The molecule has 0 bridgehead atoms. The zero-order valence-corrected chi connectivity index (χ0v) is 9.79. The van der Waals surface area contributed by atoms with Crippen LogP contribution in [-0.2, 0) is 0 Å². The van der Waals surface area contributed by atoms with E-state index in [0.717, 1.165) is 11.1 Å². The van der Waals surface area contributed by atoms with E-state index in [4.69, 9.17) is 17.5 Å². The van der Waals surface area contributed by atoms with E-state index in [0.29, 0.717) is 22.4 Å². The lowest BCUT2D eigenvalue weighted by molar-refractivity contribution is 1.36. The molecule has 1 aliphatic rings. The molecule has 0 heterocycles.